The molecule has 0 bridgehead atoms. The Morgan fingerprint density at radius 1 is 1.16 bits per heavy atom. The maximum atomic E-state index is 6.01. The topological polar surface area (TPSA) is 29.3 Å². The van der Waals surface area contributed by atoms with Gasteiger partial charge in [-0.1, -0.05) is 45.0 Å². The Kier molecular flexibility index (Phi) is 4.93. The van der Waals surface area contributed by atoms with E-state index < -0.39 is 0 Å². The summed E-state index contributed by atoms with van der Waals surface area (Å²) in [4.78, 5) is 2.53. The molecule has 0 saturated carbocycles. The van der Waals surface area contributed by atoms with Gasteiger partial charge in [-0.3, -0.25) is 4.90 Å². The second-order valence-electron chi connectivity index (χ2n) is 6.27. The van der Waals surface area contributed by atoms with Crippen LogP contribution >= 0.6 is 11.8 Å². The molecule has 106 valence electrons. The number of hydrogen-bond acceptors (Lipinski definition) is 3. The lowest BCUT2D eigenvalue weighted by atomic mass is 9.86. The van der Waals surface area contributed by atoms with Crippen LogP contribution in [0.5, 0.6) is 0 Å². The fraction of sp³-hybridized carbons (Fsp3) is 0.625. The molecular weight excluding hydrogens is 252 g/mol. The van der Waals surface area contributed by atoms with Crippen LogP contribution in [0.4, 0.5) is 0 Å². The predicted octanol–water partition coefficient (Wildman–Crippen LogP) is 3.03. The van der Waals surface area contributed by atoms with Gasteiger partial charge in [-0.2, -0.15) is 11.8 Å². The summed E-state index contributed by atoms with van der Waals surface area (Å²) in [6.45, 7) is 9.79. The summed E-state index contributed by atoms with van der Waals surface area (Å²) in [6.07, 6.45) is 0. The van der Waals surface area contributed by atoms with Crippen molar-refractivity contribution in [2.24, 2.45) is 5.73 Å². The number of nitrogens with two attached hydrogens (primary N) is 1. The minimum absolute atomic E-state index is 0.221. The van der Waals surface area contributed by atoms with Gasteiger partial charge < -0.3 is 5.73 Å². The average molecular weight is 278 g/mol. The van der Waals surface area contributed by atoms with Gasteiger partial charge in [0.1, 0.15) is 0 Å². The molecule has 0 spiro atoms. The van der Waals surface area contributed by atoms with Crippen LogP contribution in [0.1, 0.15) is 37.9 Å². The van der Waals surface area contributed by atoms with Crippen LogP contribution in [0.2, 0.25) is 0 Å². The molecule has 0 amide bonds. The highest BCUT2D eigenvalue weighted by molar-refractivity contribution is 7.99. The molecule has 2 rings (SSSR count). The molecule has 0 aliphatic carbocycles. The molecule has 1 aromatic rings. The molecule has 1 heterocycles. The first kappa shape index (κ1) is 14.9. The van der Waals surface area contributed by atoms with Crippen molar-refractivity contribution in [3.8, 4) is 0 Å². The predicted molar refractivity (Wildman–Crippen MR) is 85.8 cm³/mol. The first-order valence-electron chi connectivity index (χ1n) is 7.14. The van der Waals surface area contributed by atoms with Gasteiger partial charge in [-0.25, -0.2) is 0 Å². The van der Waals surface area contributed by atoms with E-state index >= 15 is 0 Å². The summed E-state index contributed by atoms with van der Waals surface area (Å²) in [6, 6.07) is 9.43. The van der Waals surface area contributed by atoms with Gasteiger partial charge in [0, 0.05) is 37.2 Å². The van der Waals surface area contributed by atoms with Crippen molar-refractivity contribution in [1.82, 2.24) is 4.90 Å². The molecule has 2 nitrogen and oxygen atoms in total. The fourth-order valence-electron chi connectivity index (χ4n) is 2.59. The number of hydrogen-bond donors (Lipinski definition) is 1. The van der Waals surface area contributed by atoms with Crippen molar-refractivity contribution in [1.29, 1.82) is 0 Å². The Hall–Kier alpha value is -0.510. The molecule has 0 radical (unpaired) electrons. The molecule has 0 aromatic heterocycles. The maximum Gasteiger partial charge on any atom is 0.0471 e. The van der Waals surface area contributed by atoms with E-state index in [0.717, 1.165) is 13.1 Å². The van der Waals surface area contributed by atoms with E-state index in [1.54, 1.807) is 0 Å². The Labute approximate surface area is 121 Å². The summed E-state index contributed by atoms with van der Waals surface area (Å²) in [5, 5.41) is 0. The number of rotatable bonds is 3. The van der Waals surface area contributed by atoms with Gasteiger partial charge in [-0.15, -0.1) is 0 Å². The van der Waals surface area contributed by atoms with E-state index in [9.17, 15) is 0 Å². The zero-order valence-corrected chi connectivity index (χ0v) is 13.2. The standard InChI is InChI=1S/C16H26N2S/c1-16(2,3)14-6-4-13(5-7-14)15(12-17)18-8-10-19-11-9-18/h4-7,15H,8-12,17H2,1-3H3. The second kappa shape index (κ2) is 6.29. The van der Waals surface area contributed by atoms with E-state index in [-0.39, 0.29) is 5.41 Å². The number of benzene rings is 1. The van der Waals surface area contributed by atoms with E-state index in [0.29, 0.717) is 12.6 Å². The smallest absolute Gasteiger partial charge is 0.0471 e. The lowest BCUT2D eigenvalue weighted by Crippen LogP contribution is -2.39. The van der Waals surface area contributed by atoms with Crippen molar-refractivity contribution in [2.75, 3.05) is 31.1 Å². The minimum Gasteiger partial charge on any atom is -0.329 e. The molecule has 1 aromatic carbocycles. The summed E-state index contributed by atoms with van der Waals surface area (Å²) in [5.74, 6) is 2.47. The zero-order valence-electron chi connectivity index (χ0n) is 12.4. The van der Waals surface area contributed by atoms with E-state index in [1.807, 2.05) is 11.8 Å². The lowest BCUT2D eigenvalue weighted by molar-refractivity contribution is 0.223. The minimum atomic E-state index is 0.221. The Balaban J connectivity index is 2.14. The van der Waals surface area contributed by atoms with Crippen molar-refractivity contribution in [2.45, 2.75) is 32.2 Å². The van der Waals surface area contributed by atoms with Gasteiger partial charge in [0.15, 0.2) is 0 Å². The van der Waals surface area contributed by atoms with Crippen LogP contribution < -0.4 is 5.73 Å². The van der Waals surface area contributed by atoms with Gasteiger partial charge in [0.05, 0.1) is 0 Å². The average Bonchev–Trinajstić information content (AvgIpc) is 2.40. The molecule has 1 fully saturated rings. The van der Waals surface area contributed by atoms with Gasteiger partial charge >= 0.3 is 0 Å². The lowest BCUT2D eigenvalue weighted by Gasteiger charge is -2.34. The highest BCUT2D eigenvalue weighted by Gasteiger charge is 2.21. The summed E-state index contributed by atoms with van der Waals surface area (Å²) in [5.41, 5.74) is 8.99. The maximum absolute atomic E-state index is 6.01. The summed E-state index contributed by atoms with van der Waals surface area (Å²) >= 11 is 2.05. The van der Waals surface area contributed by atoms with E-state index in [1.165, 1.54) is 22.6 Å². The molecule has 1 unspecified atom stereocenters. The van der Waals surface area contributed by atoms with Gasteiger partial charge in [0.2, 0.25) is 0 Å². The summed E-state index contributed by atoms with van der Waals surface area (Å²) in [7, 11) is 0. The Morgan fingerprint density at radius 3 is 2.21 bits per heavy atom. The molecule has 19 heavy (non-hydrogen) atoms. The normalized spacial score (nSPS) is 19.4. The van der Waals surface area contributed by atoms with Crippen LogP contribution in [-0.2, 0) is 5.41 Å². The summed E-state index contributed by atoms with van der Waals surface area (Å²) < 4.78 is 0. The first-order valence-corrected chi connectivity index (χ1v) is 8.30. The Morgan fingerprint density at radius 2 is 1.74 bits per heavy atom. The van der Waals surface area contributed by atoms with Crippen LogP contribution in [0.3, 0.4) is 0 Å². The molecule has 1 aliphatic heterocycles. The van der Waals surface area contributed by atoms with E-state index in [4.69, 9.17) is 5.73 Å². The quantitative estimate of drug-likeness (QED) is 0.921. The fourth-order valence-corrected chi connectivity index (χ4v) is 3.52. The molecule has 1 atom stereocenters. The monoisotopic (exact) mass is 278 g/mol. The van der Waals surface area contributed by atoms with Crippen LogP contribution in [-0.4, -0.2) is 36.0 Å². The van der Waals surface area contributed by atoms with Crippen molar-refractivity contribution in [3.63, 3.8) is 0 Å². The number of thioether (sulfide) groups is 1. The first-order chi connectivity index (χ1) is 9.02. The molecule has 2 N–H and O–H groups in total. The largest absolute Gasteiger partial charge is 0.329 e. The highest BCUT2D eigenvalue weighted by Crippen LogP contribution is 2.27. The third kappa shape index (κ3) is 3.74. The molecule has 3 heteroatoms. The van der Waals surface area contributed by atoms with Crippen molar-refractivity contribution in [3.05, 3.63) is 35.4 Å². The van der Waals surface area contributed by atoms with Crippen LogP contribution in [0, 0.1) is 0 Å². The van der Waals surface area contributed by atoms with E-state index in [2.05, 4.69) is 49.9 Å². The molecule has 1 aliphatic rings. The SMILES string of the molecule is CC(C)(C)c1ccc(C(CN)N2CCSCC2)cc1. The third-order valence-electron chi connectivity index (χ3n) is 3.87. The molecule has 1 saturated heterocycles. The zero-order chi connectivity index (χ0) is 13.9. The third-order valence-corrected chi connectivity index (χ3v) is 4.81. The van der Waals surface area contributed by atoms with Crippen molar-refractivity contribution >= 4 is 11.8 Å². The van der Waals surface area contributed by atoms with Crippen LogP contribution in [0.25, 0.3) is 0 Å². The van der Waals surface area contributed by atoms with Gasteiger partial charge in [-0.05, 0) is 16.5 Å². The second-order valence-corrected chi connectivity index (χ2v) is 7.50. The molecular formula is C16H26N2S. The van der Waals surface area contributed by atoms with Crippen molar-refractivity contribution < 1.29 is 0 Å². The Bertz CT molecular complexity index is 388. The van der Waals surface area contributed by atoms with Crippen LogP contribution in [0.15, 0.2) is 24.3 Å². The highest BCUT2D eigenvalue weighted by atomic mass is 32.2. The number of nitrogens with zero attached hydrogens (tertiary/aromatic N) is 1. The van der Waals surface area contributed by atoms with Gasteiger partial charge in [0.25, 0.3) is 0 Å².